The molecule has 3 rings (SSSR count). The number of carbonyl (C=O) groups is 1. The summed E-state index contributed by atoms with van der Waals surface area (Å²) in [5.41, 5.74) is 3.10. The van der Waals surface area contributed by atoms with Crippen LogP contribution in [0.2, 0.25) is 10.0 Å². The Hall–Kier alpha value is -2.04. The number of carboxylic acids is 1. The van der Waals surface area contributed by atoms with Crippen molar-refractivity contribution in [3.05, 3.63) is 69.1 Å². The number of carboxylic acid groups (broad SMARTS) is 1. The second kappa shape index (κ2) is 6.46. The largest absolute Gasteiger partial charge is 0.481 e. The van der Waals surface area contributed by atoms with Gasteiger partial charge < -0.3 is 9.67 Å². The average molecular weight is 366 g/mol. The van der Waals surface area contributed by atoms with E-state index in [0.717, 1.165) is 11.3 Å². The molecule has 3 aromatic rings. The molecule has 24 heavy (non-hydrogen) atoms. The van der Waals surface area contributed by atoms with E-state index in [4.69, 9.17) is 28.3 Å². The van der Waals surface area contributed by atoms with E-state index in [1.165, 1.54) is 6.07 Å². The Morgan fingerprint density at radius 3 is 2.50 bits per heavy atom. The first-order valence-corrected chi connectivity index (χ1v) is 8.05. The zero-order valence-corrected chi connectivity index (χ0v) is 14.3. The number of fused-ring (bicyclic) bond motifs is 1. The summed E-state index contributed by atoms with van der Waals surface area (Å²) in [6.45, 7) is 2.35. The molecule has 0 aliphatic rings. The predicted molar refractivity (Wildman–Crippen MR) is 93.5 cm³/mol. The van der Waals surface area contributed by atoms with Gasteiger partial charge in [0.25, 0.3) is 0 Å². The Morgan fingerprint density at radius 1 is 1.21 bits per heavy atom. The summed E-state index contributed by atoms with van der Waals surface area (Å²) in [6, 6.07) is 10.2. The first kappa shape index (κ1) is 16.8. The van der Waals surface area contributed by atoms with Crippen molar-refractivity contribution in [3.63, 3.8) is 0 Å². The van der Waals surface area contributed by atoms with Gasteiger partial charge in [-0.3, -0.25) is 4.79 Å². The lowest BCUT2D eigenvalue weighted by atomic mass is 10.1. The highest BCUT2D eigenvalue weighted by molar-refractivity contribution is 6.31. The minimum absolute atomic E-state index is 0.0132. The van der Waals surface area contributed by atoms with Crippen LogP contribution < -0.4 is 0 Å². The van der Waals surface area contributed by atoms with Gasteiger partial charge in [0.2, 0.25) is 0 Å². The Kier molecular flexibility index (Phi) is 4.52. The number of aliphatic carboxylic acids is 1. The number of rotatable bonds is 4. The summed E-state index contributed by atoms with van der Waals surface area (Å²) in [4.78, 5) is 11.2. The molecule has 1 heterocycles. The number of benzene rings is 2. The Balaban J connectivity index is 2.18. The number of aromatic nitrogens is 1. The van der Waals surface area contributed by atoms with Crippen molar-refractivity contribution >= 4 is 40.1 Å². The molecule has 124 valence electrons. The molecule has 0 saturated heterocycles. The molecule has 1 N–H and O–H groups in total. The van der Waals surface area contributed by atoms with Crippen LogP contribution in [0, 0.1) is 12.7 Å². The molecular weight excluding hydrogens is 352 g/mol. The minimum atomic E-state index is -0.959. The van der Waals surface area contributed by atoms with Crippen LogP contribution in [0.15, 0.2) is 36.4 Å². The standard InChI is InChI=1S/C18H14Cl2FNO2/c1-10-13(7-18(23)24)14-6-16(21)15(20)8-17(14)22(10)9-11-2-4-12(19)5-3-11/h2-6,8H,7,9H2,1H3,(H,23,24). The topological polar surface area (TPSA) is 42.2 Å². The van der Waals surface area contributed by atoms with Crippen LogP contribution in [0.4, 0.5) is 4.39 Å². The Morgan fingerprint density at radius 2 is 1.88 bits per heavy atom. The van der Waals surface area contributed by atoms with Gasteiger partial charge in [-0.05, 0) is 42.3 Å². The molecule has 0 unspecified atom stereocenters. The summed E-state index contributed by atoms with van der Waals surface area (Å²) < 4.78 is 15.8. The van der Waals surface area contributed by atoms with Crippen LogP contribution in [0.5, 0.6) is 0 Å². The average Bonchev–Trinajstić information content (AvgIpc) is 2.75. The minimum Gasteiger partial charge on any atom is -0.481 e. The van der Waals surface area contributed by atoms with Gasteiger partial charge in [0, 0.05) is 22.6 Å². The maximum Gasteiger partial charge on any atom is 0.307 e. The summed E-state index contributed by atoms with van der Waals surface area (Å²) >= 11 is 11.8. The molecule has 3 nitrogen and oxygen atoms in total. The normalized spacial score (nSPS) is 11.2. The molecule has 6 heteroatoms. The number of halogens is 3. The first-order chi connectivity index (χ1) is 11.4. The Bertz CT molecular complexity index is 933. The van der Waals surface area contributed by atoms with Crippen molar-refractivity contribution in [2.45, 2.75) is 19.9 Å². The van der Waals surface area contributed by atoms with Crippen molar-refractivity contribution in [3.8, 4) is 0 Å². The summed E-state index contributed by atoms with van der Waals surface area (Å²) in [5, 5.41) is 10.4. The fraction of sp³-hybridized carbons (Fsp3) is 0.167. The molecule has 0 aliphatic heterocycles. The van der Waals surface area contributed by atoms with Crippen LogP contribution in [0.3, 0.4) is 0 Å². The molecule has 2 aromatic carbocycles. The van der Waals surface area contributed by atoms with Gasteiger partial charge in [0.15, 0.2) is 0 Å². The van der Waals surface area contributed by atoms with Gasteiger partial charge in [-0.25, -0.2) is 4.39 Å². The zero-order chi connectivity index (χ0) is 17.4. The third-order valence-electron chi connectivity index (χ3n) is 4.08. The molecule has 0 bridgehead atoms. The van der Waals surface area contributed by atoms with Gasteiger partial charge in [0.1, 0.15) is 5.82 Å². The van der Waals surface area contributed by atoms with Crippen molar-refractivity contribution in [2.24, 2.45) is 0 Å². The maximum absolute atomic E-state index is 13.9. The van der Waals surface area contributed by atoms with Crippen molar-refractivity contribution < 1.29 is 14.3 Å². The van der Waals surface area contributed by atoms with Gasteiger partial charge in [-0.15, -0.1) is 0 Å². The van der Waals surface area contributed by atoms with Crippen LogP contribution in [0.1, 0.15) is 16.8 Å². The van der Waals surface area contributed by atoms with E-state index in [0.29, 0.717) is 28.0 Å². The SMILES string of the molecule is Cc1c(CC(=O)O)c2cc(F)c(Cl)cc2n1Cc1ccc(Cl)cc1. The zero-order valence-electron chi connectivity index (χ0n) is 12.8. The van der Waals surface area contributed by atoms with Crippen LogP contribution in [-0.4, -0.2) is 15.6 Å². The van der Waals surface area contributed by atoms with Crippen LogP contribution in [-0.2, 0) is 17.8 Å². The monoisotopic (exact) mass is 365 g/mol. The maximum atomic E-state index is 13.9. The number of hydrogen-bond donors (Lipinski definition) is 1. The van der Waals surface area contributed by atoms with E-state index >= 15 is 0 Å². The molecule has 0 amide bonds. The molecule has 0 radical (unpaired) electrons. The molecule has 0 fully saturated rings. The van der Waals surface area contributed by atoms with Crippen molar-refractivity contribution in [1.29, 1.82) is 0 Å². The third kappa shape index (κ3) is 3.12. The van der Waals surface area contributed by atoms with E-state index in [1.54, 1.807) is 18.2 Å². The fourth-order valence-corrected chi connectivity index (χ4v) is 3.17. The van der Waals surface area contributed by atoms with Gasteiger partial charge in [0.05, 0.1) is 17.0 Å². The van der Waals surface area contributed by atoms with Gasteiger partial charge in [-0.1, -0.05) is 35.3 Å². The molecule has 0 saturated carbocycles. The summed E-state index contributed by atoms with van der Waals surface area (Å²) in [6.07, 6.45) is -0.170. The fourth-order valence-electron chi connectivity index (χ4n) is 2.89. The van der Waals surface area contributed by atoms with E-state index < -0.39 is 11.8 Å². The number of nitrogens with zero attached hydrogens (tertiary/aromatic N) is 1. The first-order valence-electron chi connectivity index (χ1n) is 7.29. The molecule has 1 aromatic heterocycles. The quantitative estimate of drug-likeness (QED) is 0.700. The second-order valence-electron chi connectivity index (χ2n) is 5.63. The van der Waals surface area contributed by atoms with E-state index in [9.17, 15) is 9.18 Å². The lowest BCUT2D eigenvalue weighted by Gasteiger charge is -2.09. The third-order valence-corrected chi connectivity index (χ3v) is 4.62. The second-order valence-corrected chi connectivity index (χ2v) is 6.47. The predicted octanol–water partition coefficient (Wildman–Crippen LogP) is 5.07. The summed E-state index contributed by atoms with van der Waals surface area (Å²) in [7, 11) is 0. The highest BCUT2D eigenvalue weighted by Crippen LogP contribution is 2.31. The van der Waals surface area contributed by atoms with Crippen molar-refractivity contribution in [1.82, 2.24) is 4.57 Å². The van der Waals surface area contributed by atoms with Gasteiger partial charge >= 0.3 is 5.97 Å². The highest BCUT2D eigenvalue weighted by Gasteiger charge is 2.18. The summed E-state index contributed by atoms with van der Waals surface area (Å²) in [5.74, 6) is -1.52. The van der Waals surface area contributed by atoms with E-state index in [1.807, 2.05) is 23.6 Å². The van der Waals surface area contributed by atoms with Gasteiger partial charge in [-0.2, -0.15) is 0 Å². The highest BCUT2D eigenvalue weighted by atomic mass is 35.5. The van der Waals surface area contributed by atoms with E-state index in [2.05, 4.69) is 0 Å². The molecule has 0 atom stereocenters. The molecule has 0 spiro atoms. The van der Waals surface area contributed by atoms with Crippen LogP contribution >= 0.6 is 23.2 Å². The Labute approximate surface area is 148 Å². The number of hydrogen-bond acceptors (Lipinski definition) is 1. The molecular formula is C18H14Cl2FNO2. The molecule has 0 aliphatic carbocycles. The van der Waals surface area contributed by atoms with Crippen molar-refractivity contribution in [2.75, 3.05) is 0 Å². The van der Waals surface area contributed by atoms with Crippen LogP contribution in [0.25, 0.3) is 10.9 Å². The van der Waals surface area contributed by atoms with E-state index in [-0.39, 0.29) is 11.4 Å². The smallest absolute Gasteiger partial charge is 0.307 e. The lowest BCUT2D eigenvalue weighted by Crippen LogP contribution is -2.05. The lowest BCUT2D eigenvalue weighted by molar-refractivity contribution is -0.136.